The Morgan fingerprint density at radius 2 is 2.17 bits per heavy atom. The molecular formula is C11H13ClN4S2. The Bertz CT molecular complexity index is 542. The zero-order valence-electron chi connectivity index (χ0n) is 10.1. The molecule has 18 heavy (non-hydrogen) atoms. The largest absolute Gasteiger partial charge is 0.353 e. The van der Waals surface area contributed by atoms with Gasteiger partial charge in [0, 0.05) is 30.6 Å². The highest BCUT2D eigenvalue weighted by atomic mass is 35.5. The maximum absolute atomic E-state index is 6.12. The second kappa shape index (κ2) is 5.88. The summed E-state index contributed by atoms with van der Waals surface area (Å²) in [5.74, 6) is 0. The van der Waals surface area contributed by atoms with E-state index in [1.54, 1.807) is 23.1 Å². The van der Waals surface area contributed by atoms with Gasteiger partial charge in [0.1, 0.15) is 0 Å². The maximum atomic E-state index is 6.12. The number of aromatic nitrogens is 2. The first kappa shape index (κ1) is 13.6. The number of nitrogens with zero attached hydrogens (tertiary/aromatic N) is 3. The van der Waals surface area contributed by atoms with Gasteiger partial charge in [-0.05, 0) is 17.7 Å². The average Bonchev–Trinajstić information content (AvgIpc) is 2.78. The first-order chi connectivity index (χ1) is 8.60. The molecule has 0 unspecified atom stereocenters. The van der Waals surface area contributed by atoms with Crippen LogP contribution in [-0.2, 0) is 6.54 Å². The molecule has 0 bridgehead atoms. The summed E-state index contributed by atoms with van der Waals surface area (Å²) < 4.78 is 0.898. The molecule has 0 radical (unpaired) electrons. The first-order valence-electron chi connectivity index (χ1n) is 5.27. The number of anilines is 1. The van der Waals surface area contributed by atoms with Crippen molar-refractivity contribution in [3.8, 4) is 0 Å². The van der Waals surface area contributed by atoms with E-state index in [9.17, 15) is 0 Å². The van der Waals surface area contributed by atoms with Crippen molar-refractivity contribution in [3.05, 3.63) is 28.8 Å². The minimum absolute atomic E-state index is 0.452. The molecule has 2 aromatic rings. The highest BCUT2D eigenvalue weighted by molar-refractivity contribution is 8.01. The van der Waals surface area contributed by atoms with Crippen LogP contribution < -0.4 is 10.6 Å². The molecule has 0 aliphatic heterocycles. The second-order valence-corrected chi connectivity index (χ2v) is 6.49. The van der Waals surface area contributed by atoms with Gasteiger partial charge in [-0.2, -0.15) is 0 Å². The van der Waals surface area contributed by atoms with E-state index in [2.05, 4.69) is 10.2 Å². The second-order valence-electron chi connectivity index (χ2n) is 3.80. The fraction of sp³-hybridized carbons (Fsp3) is 0.273. The molecule has 1 heterocycles. The van der Waals surface area contributed by atoms with Crippen LogP contribution in [0.25, 0.3) is 0 Å². The summed E-state index contributed by atoms with van der Waals surface area (Å²) in [6.07, 6.45) is 0. The molecule has 0 atom stereocenters. The van der Waals surface area contributed by atoms with Gasteiger partial charge in [0.2, 0.25) is 5.13 Å². The van der Waals surface area contributed by atoms with E-state index >= 15 is 0 Å². The van der Waals surface area contributed by atoms with E-state index in [0.29, 0.717) is 11.6 Å². The van der Waals surface area contributed by atoms with Crippen molar-refractivity contribution in [2.24, 2.45) is 5.73 Å². The van der Waals surface area contributed by atoms with Crippen LogP contribution in [0, 0.1) is 0 Å². The quantitative estimate of drug-likeness (QED) is 0.941. The zero-order chi connectivity index (χ0) is 13.1. The van der Waals surface area contributed by atoms with Crippen LogP contribution in [0.2, 0.25) is 5.02 Å². The molecule has 2 N–H and O–H groups in total. The van der Waals surface area contributed by atoms with Crippen LogP contribution in [0.5, 0.6) is 0 Å². The predicted octanol–water partition coefficient (Wildman–Crippen LogP) is 2.87. The Hall–Kier alpha value is -0.820. The molecule has 0 fully saturated rings. The monoisotopic (exact) mass is 300 g/mol. The fourth-order valence-corrected chi connectivity index (χ4v) is 3.38. The molecule has 0 amide bonds. The van der Waals surface area contributed by atoms with Crippen LogP contribution in [0.3, 0.4) is 0 Å². The molecule has 0 saturated heterocycles. The maximum Gasteiger partial charge on any atom is 0.208 e. The highest BCUT2D eigenvalue weighted by Crippen LogP contribution is 2.34. The predicted molar refractivity (Wildman–Crippen MR) is 77.7 cm³/mol. The molecule has 0 saturated carbocycles. The number of halogens is 1. The molecule has 1 aromatic carbocycles. The molecule has 2 rings (SSSR count). The highest BCUT2D eigenvalue weighted by Gasteiger charge is 2.08. The summed E-state index contributed by atoms with van der Waals surface area (Å²) in [6.45, 7) is 0.452. The molecule has 1 aromatic heterocycles. The van der Waals surface area contributed by atoms with E-state index in [4.69, 9.17) is 17.3 Å². The first-order valence-corrected chi connectivity index (χ1v) is 7.28. The normalized spacial score (nSPS) is 10.7. The zero-order valence-corrected chi connectivity index (χ0v) is 12.4. The van der Waals surface area contributed by atoms with Crippen LogP contribution >= 0.6 is 34.7 Å². The Labute approximate surface area is 119 Å². The van der Waals surface area contributed by atoms with Crippen molar-refractivity contribution in [1.82, 2.24) is 10.2 Å². The molecule has 0 aliphatic rings. The number of benzene rings is 1. The third-order valence-electron chi connectivity index (χ3n) is 2.23. The van der Waals surface area contributed by atoms with Gasteiger partial charge in [-0.25, -0.2) is 0 Å². The van der Waals surface area contributed by atoms with Gasteiger partial charge in [0.05, 0.1) is 0 Å². The van der Waals surface area contributed by atoms with Crippen LogP contribution in [0.15, 0.2) is 27.4 Å². The smallest absolute Gasteiger partial charge is 0.208 e. The van der Waals surface area contributed by atoms with Gasteiger partial charge in [0.25, 0.3) is 0 Å². The van der Waals surface area contributed by atoms with Gasteiger partial charge in [-0.3, -0.25) is 0 Å². The summed E-state index contributed by atoms with van der Waals surface area (Å²) in [4.78, 5) is 2.98. The standard InChI is InChI=1S/C11H13ClN4S2/c1-16(2)10-14-15-11(18-10)17-8-4-3-7(6-13)9(12)5-8/h3-5H,6,13H2,1-2H3. The molecule has 0 aliphatic carbocycles. The lowest BCUT2D eigenvalue weighted by molar-refractivity contribution is 0.972. The molecular weight excluding hydrogens is 288 g/mol. The van der Waals surface area contributed by atoms with Gasteiger partial charge in [-0.15, -0.1) is 10.2 Å². The lowest BCUT2D eigenvalue weighted by Gasteiger charge is -2.04. The Morgan fingerprint density at radius 3 is 2.72 bits per heavy atom. The molecule has 96 valence electrons. The van der Waals surface area contributed by atoms with E-state index < -0.39 is 0 Å². The number of rotatable bonds is 4. The molecule has 4 nitrogen and oxygen atoms in total. The third kappa shape index (κ3) is 3.14. The van der Waals surface area contributed by atoms with E-state index in [0.717, 1.165) is 19.9 Å². The van der Waals surface area contributed by atoms with E-state index in [1.165, 1.54) is 0 Å². The Morgan fingerprint density at radius 1 is 1.39 bits per heavy atom. The summed E-state index contributed by atoms with van der Waals surface area (Å²) >= 11 is 9.22. The summed E-state index contributed by atoms with van der Waals surface area (Å²) in [7, 11) is 3.89. The lowest BCUT2D eigenvalue weighted by atomic mass is 10.2. The number of hydrogen-bond acceptors (Lipinski definition) is 6. The summed E-state index contributed by atoms with van der Waals surface area (Å²) in [5, 5.41) is 9.80. The van der Waals surface area contributed by atoms with Crippen molar-refractivity contribution in [1.29, 1.82) is 0 Å². The van der Waals surface area contributed by atoms with Crippen molar-refractivity contribution in [2.45, 2.75) is 15.8 Å². The summed E-state index contributed by atoms with van der Waals surface area (Å²) in [6, 6.07) is 5.85. The minimum Gasteiger partial charge on any atom is -0.353 e. The number of hydrogen-bond donors (Lipinski definition) is 1. The Balaban J connectivity index is 2.15. The van der Waals surface area contributed by atoms with Crippen LogP contribution in [-0.4, -0.2) is 24.3 Å². The number of nitrogens with two attached hydrogens (primary N) is 1. The van der Waals surface area contributed by atoms with Gasteiger partial charge < -0.3 is 10.6 Å². The fourth-order valence-electron chi connectivity index (χ4n) is 1.28. The molecule has 0 spiro atoms. The summed E-state index contributed by atoms with van der Waals surface area (Å²) in [5.41, 5.74) is 6.52. The van der Waals surface area contributed by atoms with Crippen molar-refractivity contribution >= 4 is 39.8 Å². The van der Waals surface area contributed by atoms with E-state index in [-0.39, 0.29) is 0 Å². The van der Waals surface area contributed by atoms with Crippen molar-refractivity contribution in [3.63, 3.8) is 0 Å². The van der Waals surface area contributed by atoms with Gasteiger partial charge >= 0.3 is 0 Å². The Kier molecular flexibility index (Phi) is 4.45. The van der Waals surface area contributed by atoms with Crippen LogP contribution in [0.1, 0.15) is 5.56 Å². The average molecular weight is 301 g/mol. The van der Waals surface area contributed by atoms with Gasteiger partial charge in [-0.1, -0.05) is 40.8 Å². The van der Waals surface area contributed by atoms with E-state index in [1.807, 2.05) is 37.2 Å². The topological polar surface area (TPSA) is 55.0 Å². The van der Waals surface area contributed by atoms with Crippen LogP contribution in [0.4, 0.5) is 5.13 Å². The molecule has 7 heteroatoms. The van der Waals surface area contributed by atoms with Crippen molar-refractivity contribution < 1.29 is 0 Å². The van der Waals surface area contributed by atoms with Crippen molar-refractivity contribution in [2.75, 3.05) is 19.0 Å². The van der Waals surface area contributed by atoms with Gasteiger partial charge in [0.15, 0.2) is 4.34 Å². The third-order valence-corrected chi connectivity index (χ3v) is 4.71. The lowest BCUT2D eigenvalue weighted by Crippen LogP contribution is -2.07. The minimum atomic E-state index is 0.452. The SMILES string of the molecule is CN(C)c1nnc(Sc2ccc(CN)c(Cl)c2)s1.